The van der Waals surface area contributed by atoms with Crippen molar-refractivity contribution in [2.24, 2.45) is 0 Å². The maximum Gasteiger partial charge on any atom is 0.115 e. The summed E-state index contributed by atoms with van der Waals surface area (Å²) in [6.45, 7) is 0. The van der Waals surface area contributed by atoms with Crippen molar-refractivity contribution in [3.63, 3.8) is 0 Å². The minimum absolute atomic E-state index is 0.0177. The van der Waals surface area contributed by atoms with Gasteiger partial charge in [-0.05, 0) is 42.5 Å². The fourth-order valence-electron chi connectivity index (χ4n) is 1.92. The SMILES string of the molecule is ONC1CCCc2ccc(O)cc21. The smallest absolute Gasteiger partial charge is 0.115 e. The summed E-state index contributed by atoms with van der Waals surface area (Å²) in [4.78, 5) is 0. The zero-order valence-electron chi connectivity index (χ0n) is 7.33. The Morgan fingerprint density at radius 3 is 3.00 bits per heavy atom. The maximum atomic E-state index is 9.29. The molecule has 2 rings (SSSR count). The summed E-state index contributed by atoms with van der Waals surface area (Å²) in [5, 5.41) is 18.2. The van der Waals surface area contributed by atoms with E-state index in [0.29, 0.717) is 0 Å². The lowest BCUT2D eigenvalue weighted by molar-refractivity contribution is 0.117. The van der Waals surface area contributed by atoms with Crippen molar-refractivity contribution in [3.05, 3.63) is 29.3 Å². The van der Waals surface area contributed by atoms with Crippen LogP contribution in [-0.4, -0.2) is 10.3 Å². The van der Waals surface area contributed by atoms with E-state index in [1.807, 2.05) is 6.07 Å². The minimum atomic E-state index is -0.0177. The van der Waals surface area contributed by atoms with Crippen molar-refractivity contribution >= 4 is 0 Å². The van der Waals surface area contributed by atoms with Gasteiger partial charge in [0, 0.05) is 0 Å². The molecule has 0 saturated heterocycles. The van der Waals surface area contributed by atoms with Gasteiger partial charge in [-0.3, -0.25) is 0 Å². The predicted octanol–water partition coefficient (Wildman–Crippen LogP) is 1.75. The summed E-state index contributed by atoms with van der Waals surface area (Å²) in [5.74, 6) is 0.265. The number of rotatable bonds is 1. The third-order valence-electron chi connectivity index (χ3n) is 2.60. The molecular weight excluding hydrogens is 166 g/mol. The molecule has 3 N–H and O–H groups in total. The number of benzene rings is 1. The maximum absolute atomic E-state index is 9.29. The van der Waals surface area contributed by atoms with Crippen LogP contribution in [0, 0.1) is 0 Å². The summed E-state index contributed by atoms with van der Waals surface area (Å²) in [5.41, 5.74) is 4.52. The number of aryl methyl sites for hydroxylation is 1. The number of hydrogen-bond donors (Lipinski definition) is 3. The van der Waals surface area contributed by atoms with E-state index in [1.165, 1.54) is 5.56 Å². The summed E-state index contributed by atoms with van der Waals surface area (Å²) >= 11 is 0. The van der Waals surface area contributed by atoms with Gasteiger partial charge in [-0.25, -0.2) is 0 Å². The van der Waals surface area contributed by atoms with Crippen LogP contribution in [0.5, 0.6) is 5.75 Å². The van der Waals surface area contributed by atoms with Crippen LogP contribution in [0.4, 0.5) is 0 Å². The van der Waals surface area contributed by atoms with Crippen molar-refractivity contribution in [2.75, 3.05) is 0 Å². The van der Waals surface area contributed by atoms with E-state index in [4.69, 9.17) is 5.21 Å². The van der Waals surface area contributed by atoms with Gasteiger partial charge in [0.05, 0.1) is 6.04 Å². The van der Waals surface area contributed by atoms with Gasteiger partial charge in [0.1, 0.15) is 5.75 Å². The lowest BCUT2D eigenvalue weighted by Gasteiger charge is -2.24. The fourth-order valence-corrected chi connectivity index (χ4v) is 1.92. The molecule has 0 aliphatic heterocycles. The average molecular weight is 179 g/mol. The van der Waals surface area contributed by atoms with Crippen LogP contribution >= 0.6 is 0 Å². The monoisotopic (exact) mass is 179 g/mol. The molecule has 3 heteroatoms. The van der Waals surface area contributed by atoms with Gasteiger partial charge in [-0.15, -0.1) is 0 Å². The molecular formula is C10H13NO2. The number of hydroxylamine groups is 1. The van der Waals surface area contributed by atoms with Crippen molar-refractivity contribution in [2.45, 2.75) is 25.3 Å². The van der Waals surface area contributed by atoms with Crippen LogP contribution in [0.25, 0.3) is 0 Å². The number of nitrogens with one attached hydrogen (secondary N) is 1. The van der Waals surface area contributed by atoms with Crippen LogP contribution in [0.3, 0.4) is 0 Å². The number of aromatic hydroxyl groups is 1. The summed E-state index contributed by atoms with van der Waals surface area (Å²) in [6.07, 6.45) is 3.04. The molecule has 0 spiro atoms. The van der Waals surface area contributed by atoms with E-state index in [2.05, 4.69) is 5.48 Å². The lowest BCUT2D eigenvalue weighted by atomic mass is 9.88. The van der Waals surface area contributed by atoms with E-state index < -0.39 is 0 Å². The minimum Gasteiger partial charge on any atom is -0.508 e. The molecule has 0 aromatic heterocycles. The first-order valence-corrected chi connectivity index (χ1v) is 4.52. The van der Waals surface area contributed by atoms with Crippen LogP contribution in [0.2, 0.25) is 0 Å². The van der Waals surface area contributed by atoms with Crippen LogP contribution in [0.1, 0.15) is 30.0 Å². The average Bonchev–Trinajstić information content (AvgIpc) is 2.17. The predicted molar refractivity (Wildman–Crippen MR) is 48.7 cm³/mol. The third kappa shape index (κ3) is 1.53. The van der Waals surface area contributed by atoms with Crippen molar-refractivity contribution in [1.82, 2.24) is 5.48 Å². The first-order chi connectivity index (χ1) is 6.31. The number of fused-ring (bicyclic) bond motifs is 1. The molecule has 1 aliphatic carbocycles. The summed E-state index contributed by atoms with van der Waals surface area (Å²) in [6, 6.07) is 5.32. The van der Waals surface area contributed by atoms with Crippen molar-refractivity contribution in [3.8, 4) is 5.75 Å². The standard InChI is InChI=1S/C10H13NO2/c12-8-5-4-7-2-1-3-10(11-13)9(7)6-8/h4-6,10-13H,1-3H2. The molecule has 3 nitrogen and oxygen atoms in total. The zero-order chi connectivity index (χ0) is 9.26. The molecule has 0 heterocycles. The topological polar surface area (TPSA) is 52.5 Å². The molecule has 1 aliphatic rings. The highest BCUT2D eigenvalue weighted by Crippen LogP contribution is 2.31. The molecule has 0 radical (unpaired) electrons. The molecule has 0 fully saturated rings. The molecule has 1 aromatic carbocycles. The fraction of sp³-hybridized carbons (Fsp3) is 0.400. The molecule has 70 valence electrons. The van der Waals surface area contributed by atoms with E-state index >= 15 is 0 Å². The van der Waals surface area contributed by atoms with E-state index in [-0.39, 0.29) is 11.8 Å². The van der Waals surface area contributed by atoms with Crippen molar-refractivity contribution in [1.29, 1.82) is 0 Å². The Morgan fingerprint density at radius 2 is 2.23 bits per heavy atom. The molecule has 0 amide bonds. The highest BCUT2D eigenvalue weighted by atomic mass is 16.5. The van der Waals surface area contributed by atoms with Gasteiger partial charge >= 0.3 is 0 Å². The molecule has 0 bridgehead atoms. The molecule has 13 heavy (non-hydrogen) atoms. The molecule has 1 unspecified atom stereocenters. The van der Waals surface area contributed by atoms with E-state index in [9.17, 15) is 5.11 Å². The van der Waals surface area contributed by atoms with Gasteiger partial charge in [-0.1, -0.05) is 6.07 Å². The van der Waals surface area contributed by atoms with Gasteiger partial charge < -0.3 is 10.3 Å². The summed E-state index contributed by atoms with van der Waals surface area (Å²) < 4.78 is 0. The Labute approximate surface area is 77.0 Å². The van der Waals surface area contributed by atoms with Crippen LogP contribution < -0.4 is 5.48 Å². The Hall–Kier alpha value is -1.06. The molecule has 1 aromatic rings. The lowest BCUT2D eigenvalue weighted by Crippen LogP contribution is -2.21. The number of hydrogen-bond acceptors (Lipinski definition) is 3. The highest BCUT2D eigenvalue weighted by Gasteiger charge is 2.19. The Balaban J connectivity index is 2.41. The van der Waals surface area contributed by atoms with Gasteiger partial charge in [0.2, 0.25) is 0 Å². The molecule has 0 saturated carbocycles. The Bertz CT molecular complexity index is 312. The van der Waals surface area contributed by atoms with Crippen molar-refractivity contribution < 1.29 is 10.3 Å². The first kappa shape index (κ1) is 8.53. The third-order valence-corrected chi connectivity index (χ3v) is 2.60. The van der Waals surface area contributed by atoms with Gasteiger partial charge in [0.15, 0.2) is 0 Å². The second kappa shape index (κ2) is 3.36. The quantitative estimate of drug-likeness (QED) is 0.576. The van der Waals surface area contributed by atoms with E-state index in [0.717, 1.165) is 24.8 Å². The Morgan fingerprint density at radius 1 is 1.38 bits per heavy atom. The van der Waals surface area contributed by atoms with Crippen LogP contribution in [0.15, 0.2) is 18.2 Å². The Kier molecular flexibility index (Phi) is 2.20. The molecule has 1 atom stereocenters. The summed E-state index contributed by atoms with van der Waals surface area (Å²) in [7, 11) is 0. The second-order valence-electron chi connectivity index (χ2n) is 3.46. The van der Waals surface area contributed by atoms with Crippen LogP contribution in [-0.2, 0) is 6.42 Å². The normalized spacial score (nSPS) is 21.2. The first-order valence-electron chi connectivity index (χ1n) is 4.52. The second-order valence-corrected chi connectivity index (χ2v) is 3.46. The zero-order valence-corrected chi connectivity index (χ0v) is 7.33. The van der Waals surface area contributed by atoms with Gasteiger partial charge in [-0.2, -0.15) is 5.48 Å². The number of phenolic OH excluding ortho intramolecular Hbond substituents is 1. The van der Waals surface area contributed by atoms with Gasteiger partial charge in [0.25, 0.3) is 0 Å². The number of phenols is 1. The van der Waals surface area contributed by atoms with E-state index in [1.54, 1.807) is 12.1 Å². The largest absolute Gasteiger partial charge is 0.508 e. The highest BCUT2D eigenvalue weighted by molar-refractivity contribution is 5.38.